The summed E-state index contributed by atoms with van der Waals surface area (Å²) in [5.74, 6) is 0.444. The van der Waals surface area contributed by atoms with E-state index in [1.165, 1.54) is 28.6 Å². The molecule has 0 aliphatic carbocycles. The van der Waals surface area contributed by atoms with Gasteiger partial charge in [0, 0.05) is 49.7 Å². The standard InChI is InChI=1S/C23H22BrFN6O2S/c24-20-15-28-31-22(27-14-16-2-1-9-26-13-16)12-21(29-23(20)31)17-7-10-30(11-8-17)34(32,33)19-5-3-18(25)4-6-19/h1-6,9,12-13,15,17,27H,7-8,10-11,14H2. The van der Waals surface area contributed by atoms with Gasteiger partial charge in [0.25, 0.3) is 0 Å². The van der Waals surface area contributed by atoms with Gasteiger partial charge in [0.15, 0.2) is 5.65 Å². The van der Waals surface area contributed by atoms with Crippen LogP contribution in [0.2, 0.25) is 0 Å². The van der Waals surface area contributed by atoms with Crippen LogP contribution in [0.25, 0.3) is 5.65 Å². The number of anilines is 1. The predicted octanol–water partition coefficient (Wildman–Crippen LogP) is 4.21. The van der Waals surface area contributed by atoms with Gasteiger partial charge >= 0.3 is 0 Å². The molecule has 8 nitrogen and oxygen atoms in total. The Hall–Kier alpha value is -2.89. The van der Waals surface area contributed by atoms with E-state index >= 15 is 0 Å². The number of rotatable bonds is 6. The molecular formula is C23H22BrFN6O2S. The molecule has 0 saturated carbocycles. The zero-order valence-electron chi connectivity index (χ0n) is 18.1. The van der Waals surface area contributed by atoms with Crippen LogP contribution in [0.4, 0.5) is 10.2 Å². The number of aromatic nitrogens is 4. The third kappa shape index (κ3) is 4.55. The van der Waals surface area contributed by atoms with Gasteiger partial charge < -0.3 is 5.32 Å². The average Bonchev–Trinajstić information content (AvgIpc) is 3.24. The number of benzene rings is 1. The fraction of sp³-hybridized carbons (Fsp3) is 0.261. The van der Waals surface area contributed by atoms with Crippen LogP contribution in [-0.2, 0) is 16.6 Å². The topological polar surface area (TPSA) is 92.5 Å². The number of nitrogens with one attached hydrogen (secondary N) is 1. The molecule has 1 N–H and O–H groups in total. The van der Waals surface area contributed by atoms with Gasteiger partial charge in [-0.1, -0.05) is 6.07 Å². The minimum atomic E-state index is -3.66. The van der Waals surface area contributed by atoms with Crippen molar-refractivity contribution in [2.45, 2.75) is 30.2 Å². The molecule has 1 aliphatic heterocycles. The smallest absolute Gasteiger partial charge is 0.243 e. The highest BCUT2D eigenvalue weighted by atomic mass is 79.9. The normalized spacial score (nSPS) is 15.6. The molecule has 1 saturated heterocycles. The van der Waals surface area contributed by atoms with Crippen molar-refractivity contribution in [2.24, 2.45) is 0 Å². The molecule has 5 rings (SSSR count). The Morgan fingerprint density at radius 2 is 1.88 bits per heavy atom. The summed E-state index contributed by atoms with van der Waals surface area (Å²) in [7, 11) is -3.66. The van der Waals surface area contributed by atoms with Crippen molar-refractivity contribution in [2.75, 3.05) is 18.4 Å². The van der Waals surface area contributed by atoms with Crippen molar-refractivity contribution in [3.8, 4) is 0 Å². The molecule has 34 heavy (non-hydrogen) atoms. The molecule has 0 bridgehead atoms. The molecule has 0 atom stereocenters. The maximum absolute atomic E-state index is 13.2. The summed E-state index contributed by atoms with van der Waals surface area (Å²) in [6.45, 7) is 1.32. The number of hydrogen-bond donors (Lipinski definition) is 1. The fourth-order valence-electron chi connectivity index (χ4n) is 4.13. The van der Waals surface area contributed by atoms with E-state index < -0.39 is 15.8 Å². The second-order valence-electron chi connectivity index (χ2n) is 8.14. The highest BCUT2D eigenvalue weighted by molar-refractivity contribution is 9.10. The van der Waals surface area contributed by atoms with Gasteiger partial charge in [0.1, 0.15) is 11.6 Å². The van der Waals surface area contributed by atoms with Gasteiger partial charge in [0.05, 0.1) is 15.6 Å². The third-order valence-corrected chi connectivity index (χ3v) is 8.44. The Morgan fingerprint density at radius 3 is 2.59 bits per heavy atom. The molecule has 0 spiro atoms. The monoisotopic (exact) mass is 544 g/mol. The van der Waals surface area contributed by atoms with Gasteiger partial charge in [0.2, 0.25) is 10.0 Å². The van der Waals surface area contributed by atoms with Crippen LogP contribution in [0.15, 0.2) is 70.4 Å². The van der Waals surface area contributed by atoms with Crippen LogP contribution < -0.4 is 5.32 Å². The lowest BCUT2D eigenvalue weighted by atomic mass is 9.94. The van der Waals surface area contributed by atoms with Gasteiger partial charge in [-0.25, -0.2) is 17.8 Å². The van der Waals surface area contributed by atoms with Crippen molar-refractivity contribution in [3.63, 3.8) is 0 Å². The summed E-state index contributed by atoms with van der Waals surface area (Å²) in [5, 5.41) is 7.83. The van der Waals surface area contributed by atoms with Crippen molar-refractivity contribution in [3.05, 3.63) is 82.6 Å². The summed E-state index contributed by atoms with van der Waals surface area (Å²) in [4.78, 5) is 9.08. The number of piperidine rings is 1. The first-order valence-corrected chi connectivity index (χ1v) is 13.1. The highest BCUT2D eigenvalue weighted by Crippen LogP contribution is 2.32. The molecule has 3 aromatic heterocycles. The molecule has 0 amide bonds. The largest absolute Gasteiger partial charge is 0.366 e. The van der Waals surface area contributed by atoms with E-state index in [0.717, 1.165) is 21.5 Å². The number of pyridine rings is 1. The number of hydrogen-bond acceptors (Lipinski definition) is 6. The summed E-state index contributed by atoms with van der Waals surface area (Å²) < 4.78 is 43.1. The Bertz CT molecular complexity index is 1400. The quantitative estimate of drug-likeness (QED) is 0.391. The van der Waals surface area contributed by atoms with E-state index in [4.69, 9.17) is 4.98 Å². The van der Waals surface area contributed by atoms with Gasteiger partial charge in [-0.05, 0) is 64.7 Å². The zero-order valence-corrected chi connectivity index (χ0v) is 20.5. The molecule has 0 radical (unpaired) electrons. The van der Waals surface area contributed by atoms with E-state index in [-0.39, 0.29) is 10.8 Å². The summed E-state index contributed by atoms with van der Waals surface area (Å²) >= 11 is 3.52. The SMILES string of the molecule is O=S(=O)(c1ccc(F)cc1)N1CCC(c2cc(NCc3cccnc3)n3ncc(Br)c3n2)CC1. The maximum atomic E-state index is 13.2. The van der Waals surface area contributed by atoms with Gasteiger partial charge in [-0.3, -0.25) is 4.98 Å². The molecule has 1 fully saturated rings. The summed E-state index contributed by atoms with van der Waals surface area (Å²) in [6, 6.07) is 10.8. The molecule has 11 heteroatoms. The van der Waals surface area contributed by atoms with Crippen molar-refractivity contribution in [1.29, 1.82) is 0 Å². The maximum Gasteiger partial charge on any atom is 0.243 e. The Balaban J connectivity index is 1.35. The van der Waals surface area contributed by atoms with E-state index in [2.05, 4.69) is 31.3 Å². The van der Waals surface area contributed by atoms with Crippen molar-refractivity contribution < 1.29 is 12.8 Å². The summed E-state index contributed by atoms with van der Waals surface area (Å²) in [6.07, 6.45) is 6.52. The van der Waals surface area contributed by atoms with E-state index in [0.29, 0.717) is 38.1 Å². The van der Waals surface area contributed by atoms with Crippen LogP contribution in [-0.4, -0.2) is 45.4 Å². The molecule has 1 aromatic carbocycles. The first-order valence-electron chi connectivity index (χ1n) is 10.8. The van der Waals surface area contributed by atoms with Crippen LogP contribution in [0.3, 0.4) is 0 Å². The Morgan fingerprint density at radius 1 is 1.12 bits per heavy atom. The molecule has 1 aliphatic rings. The van der Waals surface area contributed by atoms with E-state index in [1.807, 2.05) is 24.4 Å². The van der Waals surface area contributed by atoms with Crippen molar-refractivity contribution in [1.82, 2.24) is 23.9 Å². The molecular weight excluding hydrogens is 523 g/mol. The van der Waals surface area contributed by atoms with Crippen molar-refractivity contribution >= 4 is 37.4 Å². The lowest BCUT2D eigenvalue weighted by Crippen LogP contribution is -2.38. The van der Waals surface area contributed by atoms with E-state index in [1.54, 1.807) is 16.9 Å². The fourth-order valence-corrected chi connectivity index (χ4v) is 5.95. The van der Waals surface area contributed by atoms with E-state index in [9.17, 15) is 12.8 Å². The Kier molecular flexibility index (Phi) is 6.32. The average molecular weight is 545 g/mol. The zero-order chi connectivity index (χ0) is 23.7. The lowest BCUT2D eigenvalue weighted by molar-refractivity contribution is 0.317. The van der Waals surface area contributed by atoms with Crippen LogP contribution >= 0.6 is 15.9 Å². The van der Waals surface area contributed by atoms with Gasteiger partial charge in [-0.2, -0.15) is 13.9 Å². The first kappa shape index (κ1) is 22.9. The number of halogens is 2. The van der Waals surface area contributed by atoms with Crippen LogP contribution in [0.1, 0.15) is 30.0 Å². The minimum Gasteiger partial charge on any atom is -0.366 e. The molecule has 176 valence electrons. The number of sulfonamides is 1. The Labute approximate surface area is 205 Å². The first-order chi connectivity index (χ1) is 16.4. The predicted molar refractivity (Wildman–Crippen MR) is 129 cm³/mol. The highest BCUT2D eigenvalue weighted by Gasteiger charge is 2.31. The molecule has 4 aromatic rings. The second kappa shape index (κ2) is 9.40. The number of fused-ring (bicyclic) bond motifs is 1. The third-order valence-electron chi connectivity index (χ3n) is 5.97. The molecule has 0 unspecified atom stereocenters. The summed E-state index contributed by atoms with van der Waals surface area (Å²) in [5.41, 5.74) is 2.63. The van der Waals surface area contributed by atoms with Gasteiger partial charge in [-0.15, -0.1) is 0 Å². The lowest BCUT2D eigenvalue weighted by Gasteiger charge is -2.31. The van der Waals surface area contributed by atoms with Crippen LogP contribution in [0, 0.1) is 5.82 Å². The van der Waals surface area contributed by atoms with Crippen LogP contribution in [0.5, 0.6) is 0 Å². The second-order valence-corrected chi connectivity index (χ2v) is 10.9. The number of nitrogens with zero attached hydrogens (tertiary/aromatic N) is 5. The molecule has 4 heterocycles. The minimum absolute atomic E-state index is 0.102.